The van der Waals surface area contributed by atoms with Crippen LogP contribution in [0.5, 0.6) is 0 Å². The second-order valence-electron chi connectivity index (χ2n) is 5.75. The van der Waals surface area contributed by atoms with E-state index in [0.717, 1.165) is 6.07 Å². The molecule has 136 valence electrons. The number of anilines is 1. The van der Waals surface area contributed by atoms with E-state index in [1.807, 2.05) is 0 Å². The Labute approximate surface area is 149 Å². The van der Waals surface area contributed by atoms with Crippen LogP contribution in [0.4, 0.5) is 10.1 Å². The zero-order valence-corrected chi connectivity index (χ0v) is 14.3. The third kappa shape index (κ3) is 4.06. The highest BCUT2D eigenvalue weighted by molar-refractivity contribution is 7.89. The van der Waals surface area contributed by atoms with Crippen LogP contribution in [-0.4, -0.2) is 32.8 Å². The number of hydrogen-bond donors (Lipinski definition) is 3. The molecule has 0 radical (unpaired) electrons. The van der Waals surface area contributed by atoms with Gasteiger partial charge in [-0.15, -0.1) is 0 Å². The molecule has 1 heterocycles. The van der Waals surface area contributed by atoms with Gasteiger partial charge in [-0.05, 0) is 42.8 Å². The average Bonchev–Trinajstić information content (AvgIpc) is 2.99. The van der Waals surface area contributed by atoms with Crippen molar-refractivity contribution >= 4 is 27.5 Å². The van der Waals surface area contributed by atoms with Gasteiger partial charge in [0.15, 0.2) is 0 Å². The molecule has 7 nitrogen and oxygen atoms in total. The van der Waals surface area contributed by atoms with Crippen LogP contribution in [0, 0.1) is 5.82 Å². The lowest BCUT2D eigenvalue weighted by molar-refractivity contribution is -0.120. The summed E-state index contributed by atoms with van der Waals surface area (Å²) in [5.74, 6) is -1.46. The summed E-state index contributed by atoms with van der Waals surface area (Å²) in [4.78, 5) is 23.7. The third-order valence-corrected chi connectivity index (χ3v) is 5.30. The van der Waals surface area contributed by atoms with Gasteiger partial charge in [-0.3, -0.25) is 9.59 Å². The maximum atomic E-state index is 13.2. The van der Waals surface area contributed by atoms with E-state index in [0.29, 0.717) is 13.0 Å². The molecule has 0 aromatic heterocycles. The van der Waals surface area contributed by atoms with Gasteiger partial charge < -0.3 is 10.6 Å². The molecule has 0 saturated carbocycles. The van der Waals surface area contributed by atoms with Crippen LogP contribution >= 0.6 is 0 Å². The van der Waals surface area contributed by atoms with Gasteiger partial charge in [0, 0.05) is 17.8 Å². The Bertz CT molecular complexity index is 962. The summed E-state index contributed by atoms with van der Waals surface area (Å²) in [5, 5.41) is 5.04. The van der Waals surface area contributed by atoms with E-state index in [4.69, 9.17) is 0 Å². The predicted octanol–water partition coefficient (Wildman–Crippen LogP) is 1.24. The number of carbonyl (C=O) groups excluding carboxylic acids is 2. The molecule has 2 aromatic carbocycles. The Morgan fingerprint density at radius 2 is 1.92 bits per heavy atom. The molecule has 3 rings (SSSR count). The van der Waals surface area contributed by atoms with Crippen LogP contribution in [-0.2, 0) is 14.8 Å². The molecule has 9 heteroatoms. The first-order chi connectivity index (χ1) is 12.3. The van der Waals surface area contributed by atoms with Crippen LogP contribution in [0.3, 0.4) is 0 Å². The topological polar surface area (TPSA) is 104 Å². The molecule has 2 aromatic rings. The fraction of sp³-hybridized carbons (Fsp3) is 0.176. The fourth-order valence-electron chi connectivity index (χ4n) is 2.54. The molecule has 0 unspecified atom stereocenters. The van der Waals surface area contributed by atoms with E-state index in [1.54, 1.807) is 0 Å². The minimum Gasteiger partial charge on any atom is -0.355 e. The summed E-state index contributed by atoms with van der Waals surface area (Å²) < 4.78 is 40.4. The molecule has 2 amide bonds. The Kier molecular flexibility index (Phi) is 5.01. The molecule has 26 heavy (non-hydrogen) atoms. The Morgan fingerprint density at radius 1 is 1.15 bits per heavy atom. The van der Waals surface area contributed by atoms with Crippen LogP contribution in [0.2, 0.25) is 0 Å². The van der Waals surface area contributed by atoms with Gasteiger partial charge in [-0.2, -0.15) is 4.72 Å². The lowest BCUT2D eigenvalue weighted by Gasteiger charge is -2.12. The molecular formula is C17H16FN3O4S. The summed E-state index contributed by atoms with van der Waals surface area (Å²) in [6.07, 6.45) is 0.359. The number of nitrogens with one attached hydrogen (secondary N) is 3. The molecule has 1 aliphatic rings. The van der Waals surface area contributed by atoms with E-state index >= 15 is 0 Å². The van der Waals surface area contributed by atoms with Gasteiger partial charge >= 0.3 is 0 Å². The standard InChI is InChI=1S/C17H16FN3O4S/c18-12-4-2-5-13(10-12)20-16(22)11-3-1-6-14(9-11)26(24,25)21-15-7-8-19-17(15)23/h1-6,9-10,15,21H,7-8H2,(H,19,23)(H,20,22)/t15-/m0/s1. The third-order valence-electron chi connectivity index (χ3n) is 3.84. The SMILES string of the molecule is O=C(Nc1cccc(F)c1)c1cccc(S(=O)(=O)N[C@H]2CCNC2=O)c1. The first-order valence-electron chi connectivity index (χ1n) is 7.82. The van der Waals surface area contributed by atoms with E-state index < -0.39 is 27.8 Å². The van der Waals surface area contributed by atoms with Gasteiger partial charge in [0.25, 0.3) is 5.91 Å². The highest BCUT2D eigenvalue weighted by atomic mass is 32.2. The van der Waals surface area contributed by atoms with Crippen LogP contribution in [0.25, 0.3) is 0 Å². The van der Waals surface area contributed by atoms with E-state index in [1.165, 1.54) is 42.5 Å². The number of halogens is 1. The molecular weight excluding hydrogens is 361 g/mol. The fourth-order valence-corrected chi connectivity index (χ4v) is 3.81. The number of hydrogen-bond acceptors (Lipinski definition) is 4. The zero-order valence-electron chi connectivity index (χ0n) is 13.5. The summed E-state index contributed by atoms with van der Waals surface area (Å²) in [7, 11) is -3.96. The van der Waals surface area contributed by atoms with Crippen LogP contribution in [0.15, 0.2) is 53.4 Å². The molecule has 0 aliphatic carbocycles. The molecule has 0 spiro atoms. The number of amides is 2. The monoisotopic (exact) mass is 377 g/mol. The Balaban J connectivity index is 1.78. The van der Waals surface area contributed by atoms with Crippen LogP contribution in [0.1, 0.15) is 16.8 Å². The van der Waals surface area contributed by atoms with Crippen molar-refractivity contribution in [2.45, 2.75) is 17.4 Å². The van der Waals surface area contributed by atoms with E-state index in [9.17, 15) is 22.4 Å². The smallest absolute Gasteiger partial charge is 0.255 e. The molecule has 3 N–H and O–H groups in total. The summed E-state index contributed by atoms with van der Waals surface area (Å²) >= 11 is 0. The largest absolute Gasteiger partial charge is 0.355 e. The lowest BCUT2D eigenvalue weighted by Crippen LogP contribution is -2.40. The highest BCUT2D eigenvalue weighted by Crippen LogP contribution is 2.16. The van der Waals surface area contributed by atoms with Gasteiger partial charge in [0.2, 0.25) is 15.9 Å². The van der Waals surface area contributed by atoms with E-state index in [-0.39, 0.29) is 22.1 Å². The number of sulfonamides is 1. The van der Waals surface area contributed by atoms with Gasteiger partial charge in [-0.25, -0.2) is 12.8 Å². The average molecular weight is 377 g/mol. The van der Waals surface area contributed by atoms with Crippen molar-refractivity contribution in [2.24, 2.45) is 0 Å². The van der Waals surface area contributed by atoms with Crippen molar-refractivity contribution in [1.82, 2.24) is 10.0 Å². The normalized spacial score (nSPS) is 17.0. The zero-order chi connectivity index (χ0) is 18.7. The number of rotatable bonds is 5. The van der Waals surface area contributed by atoms with Crippen molar-refractivity contribution in [3.63, 3.8) is 0 Å². The van der Waals surface area contributed by atoms with Crippen molar-refractivity contribution in [3.05, 3.63) is 59.9 Å². The van der Waals surface area contributed by atoms with Crippen molar-refractivity contribution in [1.29, 1.82) is 0 Å². The Morgan fingerprint density at radius 3 is 2.62 bits per heavy atom. The summed E-state index contributed by atoms with van der Waals surface area (Å²) in [6, 6.07) is 9.92. The number of benzene rings is 2. The first-order valence-corrected chi connectivity index (χ1v) is 9.30. The van der Waals surface area contributed by atoms with Gasteiger partial charge in [0.05, 0.1) is 4.90 Å². The van der Waals surface area contributed by atoms with Crippen molar-refractivity contribution in [2.75, 3.05) is 11.9 Å². The first kappa shape index (κ1) is 18.0. The van der Waals surface area contributed by atoms with Crippen molar-refractivity contribution < 1.29 is 22.4 Å². The molecule has 0 bridgehead atoms. The van der Waals surface area contributed by atoms with E-state index in [2.05, 4.69) is 15.4 Å². The predicted molar refractivity (Wildman–Crippen MR) is 92.5 cm³/mol. The Hall–Kier alpha value is -2.78. The molecule has 1 atom stereocenters. The number of carbonyl (C=O) groups is 2. The second-order valence-corrected chi connectivity index (χ2v) is 7.46. The van der Waals surface area contributed by atoms with Gasteiger partial charge in [0.1, 0.15) is 11.9 Å². The van der Waals surface area contributed by atoms with Gasteiger partial charge in [-0.1, -0.05) is 12.1 Å². The molecule has 1 saturated heterocycles. The maximum absolute atomic E-state index is 13.2. The highest BCUT2D eigenvalue weighted by Gasteiger charge is 2.29. The molecule has 1 aliphatic heterocycles. The summed E-state index contributed by atoms with van der Waals surface area (Å²) in [5.41, 5.74) is 0.344. The van der Waals surface area contributed by atoms with Crippen molar-refractivity contribution in [3.8, 4) is 0 Å². The minimum atomic E-state index is -3.96. The second kappa shape index (κ2) is 7.22. The van der Waals surface area contributed by atoms with Crippen LogP contribution < -0.4 is 15.4 Å². The quantitative estimate of drug-likeness (QED) is 0.729. The maximum Gasteiger partial charge on any atom is 0.255 e. The lowest BCUT2D eigenvalue weighted by atomic mass is 10.2. The minimum absolute atomic E-state index is 0.0907. The molecule has 1 fully saturated rings. The summed E-state index contributed by atoms with van der Waals surface area (Å²) in [6.45, 7) is 0.405.